The minimum absolute atomic E-state index is 1.11. The SMILES string of the molecule is CNCCCc1cc(Br)cs1. The summed E-state index contributed by atoms with van der Waals surface area (Å²) in [7, 11) is 1.99. The first kappa shape index (κ1) is 9.23. The monoisotopic (exact) mass is 233 g/mol. The molecule has 0 spiro atoms. The fraction of sp³-hybridized carbons (Fsp3) is 0.500. The van der Waals surface area contributed by atoms with Crippen molar-refractivity contribution in [3.05, 3.63) is 20.8 Å². The third kappa shape index (κ3) is 3.36. The molecule has 0 saturated carbocycles. The van der Waals surface area contributed by atoms with E-state index in [9.17, 15) is 0 Å². The van der Waals surface area contributed by atoms with Gasteiger partial charge in [0, 0.05) is 14.7 Å². The van der Waals surface area contributed by atoms with Crippen molar-refractivity contribution in [2.45, 2.75) is 12.8 Å². The molecule has 0 bridgehead atoms. The third-order valence-corrected chi connectivity index (χ3v) is 3.23. The molecule has 1 rings (SSSR count). The second kappa shape index (κ2) is 4.91. The van der Waals surface area contributed by atoms with Crippen molar-refractivity contribution < 1.29 is 0 Å². The van der Waals surface area contributed by atoms with Crippen LogP contribution in [0.4, 0.5) is 0 Å². The quantitative estimate of drug-likeness (QED) is 0.790. The van der Waals surface area contributed by atoms with Gasteiger partial charge in [-0.2, -0.15) is 0 Å². The van der Waals surface area contributed by atoms with Crippen LogP contribution in [0.25, 0.3) is 0 Å². The summed E-state index contributed by atoms with van der Waals surface area (Å²) in [5.74, 6) is 0. The van der Waals surface area contributed by atoms with Gasteiger partial charge in [0.1, 0.15) is 0 Å². The van der Waals surface area contributed by atoms with Crippen molar-refractivity contribution in [2.75, 3.05) is 13.6 Å². The Balaban J connectivity index is 2.27. The van der Waals surface area contributed by atoms with Gasteiger partial charge < -0.3 is 5.32 Å². The van der Waals surface area contributed by atoms with Gasteiger partial charge in [0.15, 0.2) is 0 Å². The Morgan fingerprint density at radius 2 is 2.45 bits per heavy atom. The number of thiophene rings is 1. The molecule has 0 unspecified atom stereocenters. The number of hydrogen-bond donors (Lipinski definition) is 1. The molecule has 0 fully saturated rings. The lowest BCUT2D eigenvalue weighted by atomic mass is 10.3. The van der Waals surface area contributed by atoms with Gasteiger partial charge in [0.25, 0.3) is 0 Å². The van der Waals surface area contributed by atoms with Crippen LogP contribution in [0.3, 0.4) is 0 Å². The zero-order chi connectivity index (χ0) is 8.10. The van der Waals surface area contributed by atoms with E-state index >= 15 is 0 Å². The summed E-state index contributed by atoms with van der Waals surface area (Å²) in [6, 6.07) is 2.19. The van der Waals surface area contributed by atoms with Crippen molar-refractivity contribution in [2.24, 2.45) is 0 Å². The molecule has 1 N–H and O–H groups in total. The summed E-state index contributed by atoms with van der Waals surface area (Å²) in [6.07, 6.45) is 2.42. The highest BCUT2D eigenvalue weighted by molar-refractivity contribution is 9.10. The maximum Gasteiger partial charge on any atom is 0.0285 e. The van der Waals surface area contributed by atoms with Gasteiger partial charge in [-0.05, 0) is 48.4 Å². The summed E-state index contributed by atoms with van der Waals surface area (Å²) in [5, 5.41) is 5.27. The molecule has 1 aromatic rings. The first-order chi connectivity index (χ1) is 5.33. The summed E-state index contributed by atoms with van der Waals surface area (Å²) in [5.41, 5.74) is 0. The number of aryl methyl sites for hydroxylation is 1. The summed E-state index contributed by atoms with van der Waals surface area (Å²) >= 11 is 5.26. The van der Waals surface area contributed by atoms with E-state index in [0.29, 0.717) is 0 Å². The molecule has 62 valence electrons. The average molecular weight is 234 g/mol. The van der Waals surface area contributed by atoms with Crippen LogP contribution in [0.15, 0.2) is 15.9 Å². The van der Waals surface area contributed by atoms with E-state index in [2.05, 4.69) is 32.7 Å². The van der Waals surface area contributed by atoms with E-state index in [0.717, 1.165) is 6.54 Å². The van der Waals surface area contributed by atoms with Crippen molar-refractivity contribution in [3.63, 3.8) is 0 Å². The molecule has 0 aliphatic heterocycles. The lowest BCUT2D eigenvalue weighted by Gasteiger charge is -1.95. The van der Waals surface area contributed by atoms with Crippen LogP contribution in [0.1, 0.15) is 11.3 Å². The second-order valence-electron chi connectivity index (χ2n) is 2.44. The minimum atomic E-state index is 1.11. The predicted molar refractivity (Wildman–Crippen MR) is 54.3 cm³/mol. The average Bonchev–Trinajstić information content (AvgIpc) is 2.37. The zero-order valence-electron chi connectivity index (χ0n) is 6.56. The van der Waals surface area contributed by atoms with Gasteiger partial charge in [-0.3, -0.25) is 0 Å². The summed E-state index contributed by atoms with van der Waals surface area (Å²) in [4.78, 5) is 1.46. The molecule has 0 radical (unpaired) electrons. The van der Waals surface area contributed by atoms with E-state index in [1.807, 2.05) is 18.4 Å². The minimum Gasteiger partial charge on any atom is -0.320 e. The standard InChI is InChI=1S/C8H12BrNS/c1-10-4-2-3-8-5-7(9)6-11-8/h5-6,10H,2-4H2,1H3. The Labute approximate surface area is 79.9 Å². The molecule has 1 aromatic heterocycles. The van der Waals surface area contributed by atoms with Gasteiger partial charge in [-0.25, -0.2) is 0 Å². The highest BCUT2D eigenvalue weighted by Crippen LogP contribution is 2.20. The van der Waals surface area contributed by atoms with Crippen LogP contribution in [-0.4, -0.2) is 13.6 Å². The Hall–Kier alpha value is 0.140. The van der Waals surface area contributed by atoms with Crippen LogP contribution in [-0.2, 0) is 6.42 Å². The van der Waals surface area contributed by atoms with Crippen molar-refractivity contribution in [3.8, 4) is 0 Å². The fourth-order valence-electron chi connectivity index (χ4n) is 0.924. The molecular formula is C8H12BrNS. The number of rotatable bonds is 4. The lowest BCUT2D eigenvalue weighted by molar-refractivity contribution is 0.729. The molecule has 1 nitrogen and oxygen atoms in total. The smallest absolute Gasteiger partial charge is 0.0285 e. The Bertz CT molecular complexity index is 210. The van der Waals surface area contributed by atoms with Crippen LogP contribution < -0.4 is 5.32 Å². The molecule has 3 heteroatoms. The van der Waals surface area contributed by atoms with Crippen LogP contribution >= 0.6 is 27.3 Å². The van der Waals surface area contributed by atoms with Crippen LogP contribution in [0.2, 0.25) is 0 Å². The molecule has 0 aromatic carbocycles. The second-order valence-corrected chi connectivity index (χ2v) is 4.35. The van der Waals surface area contributed by atoms with Crippen molar-refractivity contribution >= 4 is 27.3 Å². The molecule has 0 atom stereocenters. The van der Waals surface area contributed by atoms with E-state index in [1.165, 1.54) is 22.2 Å². The number of halogens is 1. The molecule has 0 aliphatic carbocycles. The molecular weight excluding hydrogens is 222 g/mol. The molecule has 0 amide bonds. The third-order valence-electron chi connectivity index (χ3n) is 1.47. The maximum absolute atomic E-state index is 3.44. The Morgan fingerprint density at radius 3 is 3.00 bits per heavy atom. The maximum atomic E-state index is 3.44. The fourth-order valence-corrected chi connectivity index (χ4v) is 2.42. The van der Waals surface area contributed by atoms with Crippen molar-refractivity contribution in [1.82, 2.24) is 5.32 Å². The molecule has 1 heterocycles. The highest BCUT2D eigenvalue weighted by atomic mass is 79.9. The summed E-state index contributed by atoms with van der Waals surface area (Å²) in [6.45, 7) is 1.11. The van der Waals surface area contributed by atoms with Crippen LogP contribution in [0.5, 0.6) is 0 Å². The van der Waals surface area contributed by atoms with Gasteiger partial charge in [-0.1, -0.05) is 0 Å². The Kier molecular flexibility index (Phi) is 4.12. The largest absolute Gasteiger partial charge is 0.320 e. The molecule has 11 heavy (non-hydrogen) atoms. The molecule has 0 aliphatic rings. The number of hydrogen-bond acceptors (Lipinski definition) is 2. The van der Waals surface area contributed by atoms with Gasteiger partial charge in [0.2, 0.25) is 0 Å². The first-order valence-corrected chi connectivity index (χ1v) is 5.37. The van der Waals surface area contributed by atoms with E-state index in [4.69, 9.17) is 0 Å². The van der Waals surface area contributed by atoms with E-state index < -0.39 is 0 Å². The topological polar surface area (TPSA) is 12.0 Å². The van der Waals surface area contributed by atoms with Crippen molar-refractivity contribution in [1.29, 1.82) is 0 Å². The van der Waals surface area contributed by atoms with Crippen LogP contribution in [0, 0.1) is 0 Å². The molecule has 0 saturated heterocycles. The first-order valence-electron chi connectivity index (χ1n) is 3.70. The van der Waals surface area contributed by atoms with E-state index in [1.54, 1.807) is 0 Å². The highest BCUT2D eigenvalue weighted by Gasteiger charge is 1.95. The van der Waals surface area contributed by atoms with E-state index in [-0.39, 0.29) is 0 Å². The van der Waals surface area contributed by atoms with Gasteiger partial charge in [-0.15, -0.1) is 11.3 Å². The Morgan fingerprint density at radius 1 is 1.64 bits per heavy atom. The normalized spacial score (nSPS) is 10.4. The zero-order valence-corrected chi connectivity index (χ0v) is 8.96. The number of nitrogens with one attached hydrogen (secondary N) is 1. The van der Waals surface area contributed by atoms with Gasteiger partial charge in [0.05, 0.1) is 0 Å². The lowest BCUT2D eigenvalue weighted by Crippen LogP contribution is -2.07. The van der Waals surface area contributed by atoms with Gasteiger partial charge >= 0.3 is 0 Å². The predicted octanol–water partition coefficient (Wildman–Crippen LogP) is 2.66. The summed E-state index contributed by atoms with van der Waals surface area (Å²) < 4.78 is 1.21.